The van der Waals surface area contributed by atoms with E-state index < -0.39 is 0 Å². The smallest absolute Gasteiger partial charge is 0.255 e. The van der Waals surface area contributed by atoms with E-state index in [1.54, 1.807) is 12.3 Å². The van der Waals surface area contributed by atoms with Crippen LogP contribution in [0.4, 0.5) is 5.69 Å². The predicted octanol–water partition coefficient (Wildman–Crippen LogP) is 0.993. The van der Waals surface area contributed by atoms with E-state index in [-0.39, 0.29) is 11.9 Å². The van der Waals surface area contributed by atoms with Crippen LogP contribution in [0.5, 0.6) is 0 Å². The number of aromatic nitrogens is 1. The van der Waals surface area contributed by atoms with Crippen LogP contribution in [-0.4, -0.2) is 28.4 Å². The first-order valence-corrected chi connectivity index (χ1v) is 6.76. The summed E-state index contributed by atoms with van der Waals surface area (Å²) in [7, 11) is 0. The Morgan fingerprint density at radius 2 is 2.24 bits per heavy atom. The number of nitrogens with two attached hydrogens (primary N) is 1. The maximum atomic E-state index is 12.0. The van der Waals surface area contributed by atoms with Crippen LogP contribution < -0.4 is 16.6 Å². The van der Waals surface area contributed by atoms with Crippen LogP contribution in [0.15, 0.2) is 18.5 Å². The monoisotopic (exact) mass is 252 g/mol. The normalized spacial score (nSPS) is 16.5. The maximum Gasteiger partial charge on any atom is 0.255 e. The van der Waals surface area contributed by atoms with Crippen LogP contribution in [0.3, 0.4) is 0 Å². The van der Waals surface area contributed by atoms with Gasteiger partial charge in [0.25, 0.3) is 5.91 Å². The molecule has 1 aliphatic rings. The molecule has 0 aliphatic carbocycles. The summed E-state index contributed by atoms with van der Waals surface area (Å²) in [6, 6.07) is 1.96. The topological polar surface area (TPSA) is 80.0 Å². The molecule has 0 radical (unpaired) electrons. The summed E-state index contributed by atoms with van der Waals surface area (Å²) in [4.78, 5) is 16.0. The second-order valence-corrected chi connectivity index (χ2v) is 5.15. The van der Waals surface area contributed by atoms with Crippen molar-refractivity contribution >= 4 is 23.4 Å². The van der Waals surface area contributed by atoms with E-state index in [2.05, 4.69) is 15.7 Å². The van der Waals surface area contributed by atoms with Crippen molar-refractivity contribution in [1.82, 2.24) is 10.3 Å². The molecular formula is C11H16N4OS. The first-order valence-electron chi connectivity index (χ1n) is 5.60. The zero-order valence-electron chi connectivity index (χ0n) is 9.48. The predicted molar refractivity (Wildman–Crippen MR) is 69.9 cm³/mol. The number of pyridine rings is 1. The molecule has 0 atom stereocenters. The Hall–Kier alpha value is -1.27. The zero-order valence-corrected chi connectivity index (χ0v) is 10.3. The van der Waals surface area contributed by atoms with Gasteiger partial charge in [-0.3, -0.25) is 15.6 Å². The molecule has 1 aromatic rings. The quantitative estimate of drug-likeness (QED) is 0.552. The summed E-state index contributed by atoms with van der Waals surface area (Å²) in [6.07, 6.45) is 5.19. The summed E-state index contributed by atoms with van der Waals surface area (Å²) in [5.41, 5.74) is 3.60. The molecule has 5 nitrogen and oxygen atoms in total. The molecule has 2 heterocycles. The maximum absolute atomic E-state index is 12.0. The van der Waals surface area contributed by atoms with Gasteiger partial charge in [0.05, 0.1) is 11.3 Å². The first kappa shape index (κ1) is 12.2. The number of anilines is 1. The van der Waals surface area contributed by atoms with Gasteiger partial charge in [0.1, 0.15) is 0 Å². The van der Waals surface area contributed by atoms with Crippen LogP contribution in [0.2, 0.25) is 0 Å². The van der Waals surface area contributed by atoms with E-state index in [4.69, 9.17) is 5.84 Å². The van der Waals surface area contributed by atoms with Crippen molar-refractivity contribution in [3.05, 3.63) is 24.0 Å². The highest BCUT2D eigenvalue weighted by Gasteiger charge is 2.18. The van der Waals surface area contributed by atoms with Crippen LogP contribution in [0, 0.1) is 0 Å². The molecular weight excluding hydrogens is 236 g/mol. The number of hydrogen-bond donors (Lipinski definition) is 3. The number of thioether (sulfide) groups is 1. The molecule has 0 aromatic carbocycles. The number of rotatable bonds is 3. The van der Waals surface area contributed by atoms with Crippen molar-refractivity contribution in [1.29, 1.82) is 0 Å². The molecule has 1 fully saturated rings. The molecule has 1 amide bonds. The van der Waals surface area contributed by atoms with E-state index in [0.717, 1.165) is 24.3 Å². The van der Waals surface area contributed by atoms with Gasteiger partial charge in [0, 0.05) is 18.4 Å². The van der Waals surface area contributed by atoms with Crippen LogP contribution in [0.25, 0.3) is 0 Å². The fourth-order valence-electron chi connectivity index (χ4n) is 1.81. The second-order valence-electron chi connectivity index (χ2n) is 3.93. The molecule has 6 heteroatoms. The lowest BCUT2D eigenvalue weighted by atomic mass is 10.1. The number of nitrogens with one attached hydrogen (secondary N) is 2. The molecule has 1 aromatic heterocycles. The van der Waals surface area contributed by atoms with Crippen molar-refractivity contribution in [2.75, 3.05) is 16.9 Å². The Morgan fingerprint density at radius 3 is 2.94 bits per heavy atom. The van der Waals surface area contributed by atoms with Crippen LogP contribution in [-0.2, 0) is 0 Å². The van der Waals surface area contributed by atoms with Crippen LogP contribution >= 0.6 is 11.8 Å². The summed E-state index contributed by atoms with van der Waals surface area (Å²) in [6.45, 7) is 0. The van der Waals surface area contributed by atoms with Gasteiger partial charge in [-0.15, -0.1) is 0 Å². The molecule has 0 saturated carbocycles. The van der Waals surface area contributed by atoms with Gasteiger partial charge >= 0.3 is 0 Å². The van der Waals surface area contributed by atoms with Gasteiger partial charge < -0.3 is 10.7 Å². The van der Waals surface area contributed by atoms with Gasteiger partial charge in [-0.2, -0.15) is 11.8 Å². The fourth-order valence-corrected chi connectivity index (χ4v) is 2.91. The number of hydrazine groups is 1. The molecule has 2 rings (SSSR count). The number of carbonyl (C=O) groups excluding carboxylic acids is 1. The van der Waals surface area contributed by atoms with Crippen LogP contribution in [0.1, 0.15) is 23.2 Å². The minimum Gasteiger partial charge on any atom is -0.349 e. The number of nitrogens with zero attached hydrogens (tertiary/aromatic N) is 1. The molecule has 92 valence electrons. The average molecular weight is 252 g/mol. The van der Waals surface area contributed by atoms with Crippen molar-refractivity contribution in [3.8, 4) is 0 Å². The second kappa shape index (κ2) is 5.88. The Bertz CT molecular complexity index is 393. The summed E-state index contributed by atoms with van der Waals surface area (Å²) < 4.78 is 0. The lowest BCUT2D eigenvalue weighted by Crippen LogP contribution is -2.37. The highest BCUT2D eigenvalue weighted by Crippen LogP contribution is 2.18. The van der Waals surface area contributed by atoms with E-state index in [9.17, 15) is 4.79 Å². The Balaban J connectivity index is 2.03. The van der Waals surface area contributed by atoms with E-state index in [0.29, 0.717) is 11.3 Å². The van der Waals surface area contributed by atoms with Crippen molar-refractivity contribution < 1.29 is 4.79 Å². The van der Waals surface area contributed by atoms with Gasteiger partial charge in [-0.1, -0.05) is 0 Å². The van der Waals surface area contributed by atoms with E-state index in [1.807, 2.05) is 11.8 Å². The molecule has 1 saturated heterocycles. The molecule has 0 spiro atoms. The number of nitrogen functional groups attached to an aromatic ring is 1. The minimum atomic E-state index is -0.108. The third kappa shape index (κ3) is 3.10. The van der Waals surface area contributed by atoms with E-state index in [1.165, 1.54) is 6.20 Å². The van der Waals surface area contributed by atoms with E-state index >= 15 is 0 Å². The van der Waals surface area contributed by atoms with Crippen molar-refractivity contribution in [2.45, 2.75) is 18.9 Å². The Labute approximate surface area is 105 Å². The highest BCUT2D eigenvalue weighted by atomic mass is 32.2. The Morgan fingerprint density at radius 1 is 1.47 bits per heavy atom. The molecule has 4 N–H and O–H groups in total. The van der Waals surface area contributed by atoms with Crippen molar-refractivity contribution in [3.63, 3.8) is 0 Å². The third-order valence-electron chi connectivity index (χ3n) is 2.78. The minimum absolute atomic E-state index is 0.108. The first-order chi connectivity index (χ1) is 8.31. The summed E-state index contributed by atoms with van der Waals surface area (Å²) in [5, 5.41) is 3.02. The summed E-state index contributed by atoms with van der Waals surface area (Å²) in [5.74, 6) is 7.47. The molecule has 1 aliphatic heterocycles. The summed E-state index contributed by atoms with van der Waals surface area (Å²) >= 11 is 1.93. The van der Waals surface area contributed by atoms with Gasteiger partial charge in [-0.25, -0.2) is 0 Å². The number of carbonyl (C=O) groups is 1. The SMILES string of the molecule is NNc1ccncc1C(=O)NC1CCSCC1. The zero-order chi connectivity index (χ0) is 12.1. The number of amides is 1. The highest BCUT2D eigenvalue weighted by molar-refractivity contribution is 7.99. The number of hydrogen-bond acceptors (Lipinski definition) is 5. The third-order valence-corrected chi connectivity index (χ3v) is 3.83. The largest absolute Gasteiger partial charge is 0.349 e. The standard InChI is InChI=1S/C11H16N4OS/c12-15-10-1-4-13-7-9(10)11(16)14-8-2-5-17-6-3-8/h1,4,7-8H,2-3,5-6,12H2,(H,13,15)(H,14,16). The van der Waals surface area contributed by atoms with Gasteiger partial charge in [0.2, 0.25) is 0 Å². The molecule has 0 unspecified atom stereocenters. The fraction of sp³-hybridized carbons (Fsp3) is 0.455. The van der Waals surface area contributed by atoms with Gasteiger partial charge in [0.15, 0.2) is 0 Å². The van der Waals surface area contributed by atoms with Gasteiger partial charge in [-0.05, 0) is 30.4 Å². The van der Waals surface area contributed by atoms with Crippen molar-refractivity contribution in [2.24, 2.45) is 5.84 Å². The lowest BCUT2D eigenvalue weighted by molar-refractivity contribution is 0.0935. The Kier molecular flexibility index (Phi) is 4.22. The molecule has 0 bridgehead atoms. The average Bonchev–Trinajstić information content (AvgIpc) is 2.40. The molecule has 17 heavy (non-hydrogen) atoms. The lowest BCUT2D eigenvalue weighted by Gasteiger charge is -2.22.